The van der Waals surface area contributed by atoms with E-state index in [0.29, 0.717) is 17.7 Å². The van der Waals surface area contributed by atoms with Gasteiger partial charge in [0.2, 0.25) is 46.6 Å². The summed E-state index contributed by atoms with van der Waals surface area (Å²) in [4.78, 5) is 74.2. The van der Waals surface area contributed by atoms with Gasteiger partial charge in [0.25, 0.3) is 0 Å². The minimum atomic E-state index is -2.39. The van der Waals surface area contributed by atoms with Crippen molar-refractivity contribution in [2.45, 2.75) is 72.4 Å². The number of nitrogens with two attached hydrogens (primary N) is 1. The Morgan fingerprint density at radius 1 is 0.768 bits per heavy atom. The number of hydrogen-bond donors (Lipinski definition) is 4. The van der Waals surface area contributed by atoms with E-state index in [-0.39, 0.29) is 76.6 Å². The molecule has 0 aromatic heterocycles. The lowest BCUT2D eigenvalue weighted by Gasteiger charge is -2.24. The number of primary amides is 1. The van der Waals surface area contributed by atoms with Crippen molar-refractivity contribution in [1.82, 2.24) is 10.6 Å². The third kappa shape index (κ3) is 15.9. The van der Waals surface area contributed by atoms with Crippen molar-refractivity contribution in [3.63, 3.8) is 0 Å². The number of halogens is 5. The van der Waals surface area contributed by atoms with E-state index in [1.165, 1.54) is 0 Å². The third-order valence-electron chi connectivity index (χ3n) is 7.93. The molecular formula is C37H47F5N4O10. The van der Waals surface area contributed by atoms with Gasteiger partial charge in [-0.3, -0.25) is 24.0 Å². The maximum Gasteiger partial charge on any atom is 0.313 e. The molecule has 0 radical (unpaired) electrons. The molecule has 2 rings (SSSR count). The number of urea groups is 1. The van der Waals surface area contributed by atoms with Gasteiger partial charge in [0.05, 0.1) is 44.8 Å². The predicted molar refractivity (Wildman–Crippen MR) is 189 cm³/mol. The van der Waals surface area contributed by atoms with E-state index in [4.69, 9.17) is 19.9 Å². The number of amides is 4. The maximum atomic E-state index is 13.7. The molecule has 5 N–H and O–H groups in total. The first-order valence-electron chi connectivity index (χ1n) is 17.7. The van der Waals surface area contributed by atoms with Gasteiger partial charge < -0.3 is 40.6 Å². The molecule has 0 bridgehead atoms. The maximum absolute atomic E-state index is 13.7. The second-order valence-corrected chi connectivity index (χ2v) is 13.1. The van der Waals surface area contributed by atoms with Crippen LogP contribution in [0.25, 0.3) is 0 Å². The first kappa shape index (κ1) is 47.0. The Labute approximate surface area is 320 Å². The van der Waals surface area contributed by atoms with E-state index in [2.05, 4.69) is 20.7 Å². The molecule has 2 aromatic carbocycles. The smallest absolute Gasteiger partial charge is 0.313 e. The van der Waals surface area contributed by atoms with Crippen LogP contribution in [0.3, 0.4) is 0 Å². The molecule has 0 heterocycles. The van der Waals surface area contributed by atoms with Gasteiger partial charge in [0, 0.05) is 31.0 Å². The van der Waals surface area contributed by atoms with Gasteiger partial charge in [-0.05, 0) is 36.5 Å². The van der Waals surface area contributed by atoms with Crippen LogP contribution in [-0.2, 0) is 44.8 Å². The molecule has 19 heteroatoms. The van der Waals surface area contributed by atoms with Gasteiger partial charge in [-0.25, -0.2) is 18.0 Å². The summed E-state index contributed by atoms with van der Waals surface area (Å²) in [5.74, 6) is -17.7. The summed E-state index contributed by atoms with van der Waals surface area (Å²) in [6.07, 6.45) is -0.429. The summed E-state index contributed by atoms with van der Waals surface area (Å²) < 4.78 is 87.0. The normalized spacial score (nSPS) is 12.2. The molecule has 2 atom stereocenters. The Bertz CT molecular complexity index is 1650. The van der Waals surface area contributed by atoms with Gasteiger partial charge in [-0.2, -0.15) is 8.78 Å². The highest BCUT2D eigenvalue weighted by atomic mass is 19.2. The summed E-state index contributed by atoms with van der Waals surface area (Å²) in [5, 5.41) is 7.89. The Hall–Kier alpha value is -5.17. The summed E-state index contributed by atoms with van der Waals surface area (Å²) in [6.45, 7) is 6.53. The van der Waals surface area contributed by atoms with E-state index in [1.807, 2.05) is 0 Å². The van der Waals surface area contributed by atoms with Crippen LogP contribution >= 0.6 is 0 Å². The van der Waals surface area contributed by atoms with Gasteiger partial charge in [0.15, 0.2) is 5.78 Å². The molecule has 2 aromatic rings. The van der Waals surface area contributed by atoms with Gasteiger partial charge >= 0.3 is 18.0 Å². The lowest BCUT2D eigenvalue weighted by Crippen LogP contribution is -2.45. The minimum absolute atomic E-state index is 0.0533. The van der Waals surface area contributed by atoms with Crippen molar-refractivity contribution in [2.24, 2.45) is 23.5 Å². The summed E-state index contributed by atoms with van der Waals surface area (Å²) in [7, 11) is 0. The highest BCUT2D eigenvalue weighted by Crippen LogP contribution is 2.29. The molecule has 0 saturated heterocycles. The number of ether oxygens (including phenoxy) is 4. The standard InChI is InChI=1S/C37H47F5N4O10/c1-20(2)33(46-26(48)11-14-53-16-17-54-15-12-27(49)56-34-31(41)29(39)28(38)30(40)32(34)42)25(47)18-23(6-5-13-44-37(43)52)35(50)45-24-9-7-22(8-10-24)19-55-36(51)21(3)4/h7-10,20-21,23,33H,5-6,11-19H2,1-4H3,(H,45,50)(H,46,48)(H3,43,44,52)/t23-,33+/m1/s1. The fourth-order valence-corrected chi connectivity index (χ4v) is 4.85. The average molecular weight is 803 g/mol. The number of nitrogens with one attached hydrogen (secondary N) is 3. The number of hydrogen-bond acceptors (Lipinski definition) is 10. The number of ketones is 1. The quantitative estimate of drug-likeness (QED) is 0.0290. The molecule has 0 fully saturated rings. The van der Waals surface area contributed by atoms with Crippen molar-refractivity contribution < 1.29 is 69.7 Å². The SMILES string of the molecule is CC(C)C(=O)OCc1ccc(NC(=O)[C@H](CCCNC(N)=O)CC(=O)[C@@H](NC(=O)CCOCCOCCC(=O)Oc2c(F)c(F)c(F)c(F)c2F)C(C)C)cc1. The zero-order chi connectivity index (χ0) is 41.9. The van der Waals surface area contributed by atoms with Crippen LogP contribution in [0.5, 0.6) is 5.75 Å². The van der Waals surface area contributed by atoms with Crippen LogP contribution in [0.1, 0.15) is 65.4 Å². The summed E-state index contributed by atoms with van der Waals surface area (Å²) in [6, 6.07) is 4.95. The third-order valence-corrected chi connectivity index (χ3v) is 7.93. The average Bonchev–Trinajstić information content (AvgIpc) is 3.15. The van der Waals surface area contributed by atoms with Crippen LogP contribution in [0.15, 0.2) is 24.3 Å². The van der Waals surface area contributed by atoms with Crippen LogP contribution < -0.4 is 26.4 Å². The largest absolute Gasteiger partial charge is 0.461 e. The zero-order valence-electron chi connectivity index (χ0n) is 31.4. The van der Waals surface area contributed by atoms with Gasteiger partial charge in [-0.15, -0.1) is 0 Å². The molecule has 4 amide bonds. The molecule has 56 heavy (non-hydrogen) atoms. The first-order chi connectivity index (χ1) is 26.4. The molecule has 0 spiro atoms. The zero-order valence-corrected chi connectivity index (χ0v) is 31.4. The molecule has 0 unspecified atom stereocenters. The van der Waals surface area contributed by atoms with Gasteiger partial charge in [-0.1, -0.05) is 39.8 Å². The van der Waals surface area contributed by atoms with Crippen molar-refractivity contribution in [3.05, 3.63) is 58.9 Å². The number of carbonyl (C=O) groups excluding carboxylic acids is 6. The molecule has 0 saturated carbocycles. The molecular weight excluding hydrogens is 755 g/mol. The Morgan fingerprint density at radius 3 is 1.89 bits per heavy atom. The summed E-state index contributed by atoms with van der Waals surface area (Å²) >= 11 is 0. The number of rotatable bonds is 24. The molecule has 310 valence electrons. The minimum Gasteiger partial charge on any atom is -0.461 e. The first-order valence-corrected chi connectivity index (χ1v) is 17.7. The fraction of sp³-hybridized carbons (Fsp3) is 0.514. The Kier molecular flexibility index (Phi) is 19.9. The van der Waals surface area contributed by atoms with Crippen LogP contribution in [0.2, 0.25) is 0 Å². The Morgan fingerprint density at radius 2 is 1.34 bits per heavy atom. The lowest BCUT2D eigenvalue weighted by molar-refractivity contribution is -0.148. The second-order valence-electron chi connectivity index (χ2n) is 13.1. The fourth-order valence-electron chi connectivity index (χ4n) is 4.85. The van der Waals surface area contributed by atoms with Crippen LogP contribution in [0, 0.1) is 46.8 Å². The monoisotopic (exact) mass is 802 g/mol. The van der Waals surface area contributed by atoms with E-state index < -0.39 is 82.8 Å². The van der Waals surface area contributed by atoms with E-state index in [1.54, 1.807) is 52.0 Å². The topological polar surface area (TPSA) is 201 Å². The number of esters is 2. The van der Waals surface area contributed by atoms with Gasteiger partial charge in [0.1, 0.15) is 6.61 Å². The van der Waals surface area contributed by atoms with Crippen molar-refractivity contribution >= 4 is 41.3 Å². The number of Topliss-reactive ketones (excluding diaryl/α,β-unsaturated/α-hetero) is 1. The highest BCUT2D eigenvalue weighted by Gasteiger charge is 2.30. The highest BCUT2D eigenvalue weighted by molar-refractivity contribution is 5.97. The molecule has 0 aliphatic rings. The number of carbonyl (C=O) groups is 6. The van der Waals surface area contributed by atoms with E-state index >= 15 is 0 Å². The molecule has 14 nitrogen and oxygen atoms in total. The van der Waals surface area contributed by atoms with E-state index in [0.717, 1.165) is 0 Å². The van der Waals surface area contributed by atoms with Crippen LogP contribution in [-0.4, -0.2) is 74.6 Å². The lowest BCUT2D eigenvalue weighted by atomic mass is 9.89. The second kappa shape index (κ2) is 23.7. The van der Waals surface area contributed by atoms with Crippen molar-refractivity contribution in [2.75, 3.05) is 38.3 Å². The van der Waals surface area contributed by atoms with Crippen LogP contribution in [0.4, 0.5) is 32.4 Å². The van der Waals surface area contributed by atoms with Crippen molar-refractivity contribution in [3.8, 4) is 5.75 Å². The van der Waals surface area contributed by atoms with Crippen molar-refractivity contribution in [1.29, 1.82) is 0 Å². The summed E-state index contributed by atoms with van der Waals surface area (Å²) in [5.41, 5.74) is 6.27. The van der Waals surface area contributed by atoms with E-state index in [9.17, 15) is 50.7 Å². The molecule has 0 aliphatic heterocycles. The Balaban J connectivity index is 1.83. The predicted octanol–water partition coefficient (Wildman–Crippen LogP) is 4.60. The molecule has 0 aliphatic carbocycles. The number of anilines is 1. The number of benzene rings is 2.